The van der Waals surface area contributed by atoms with E-state index in [0.717, 1.165) is 6.42 Å². The minimum absolute atomic E-state index is 0.0746. The molecule has 1 unspecified atom stereocenters. The lowest BCUT2D eigenvalue weighted by atomic mass is 10.2. The van der Waals surface area contributed by atoms with E-state index >= 15 is 0 Å². The first kappa shape index (κ1) is 15.8. The van der Waals surface area contributed by atoms with Gasteiger partial charge in [-0.15, -0.1) is 0 Å². The second-order valence-electron chi connectivity index (χ2n) is 5.25. The molecule has 21 heavy (non-hydrogen) atoms. The Morgan fingerprint density at radius 1 is 1.52 bits per heavy atom. The zero-order valence-corrected chi connectivity index (χ0v) is 12.7. The average molecular weight is 311 g/mol. The number of benzene rings is 1. The zero-order valence-electron chi connectivity index (χ0n) is 11.9. The second-order valence-corrected chi connectivity index (χ2v) is 5.66. The van der Waals surface area contributed by atoms with Crippen LogP contribution in [0.3, 0.4) is 0 Å². The number of aliphatic hydroxyl groups excluding tert-OH is 1. The molecule has 0 spiro atoms. The van der Waals surface area contributed by atoms with Crippen LogP contribution in [0.5, 0.6) is 0 Å². The third-order valence-corrected chi connectivity index (χ3v) is 3.69. The molecular weight excluding hydrogens is 292 g/mol. The monoisotopic (exact) mass is 310 g/mol. The molecule has 0 bridgehead atoms. The number of anilines is 2. The van der Waals surface area contributed by atoms with E-state index in [0.29, 0.717) is 35.8 Å². The molecule has 0 radical (unpaired) electrons. The molecule has 1 fully saturated rings. The summed E-state index contributed by atoms with van der Waals surface area (Å²) in [7, 11) is 0. The van der Waals surface area contributed by atoms with Crippen LogP contribution in [0.1, 0.15) is 32.6 Å². The predicted octanol–water partition coefficient (Wildman–Crippen LogP) is 2.57. The normalized spacial score (nSPS) is 16.1. The molecule has 1 aromatic rings. The van der Waals surface area contributed by atoms with Gasteiger partial charge in [-0.2, -0.15) is 0 Å². The summed E-state index contributed by atoms with van der Waals surface area (Å²) in [6.45, 7) is 2.32. The molecule has 1 aromatic carbocycles. The summed E-state index contributed by atoms with van der Waals surface area (Å²) >= 11 is 6.20. The molecule has 2 rings (SSSR count). The van der Waals surface area contributed by atoms with Crippen LogP contribution in [0.25, 0.3) is 0 Å². The fourth-order valence-corrected chi connectivity index (χ4v) is 2.55. The zero-order chi connectivity index (χ0) is 15.4. The number of hydrogen-bond acceptors (Lipinski definition) is 3. The van der Waals surface area contributed by atoms with Gasteiger partial charge in [0, 0.05) is 25.1 Å². The number of nitrogens with zero attached hydrogens (tertiary/aromatic N) is 1. The van der Waals surface area contributed by atoms with Gasteiger partial charge in [-0.25, -0.2) is 0 Å². The molecule has 1 heterocycles. The Labute approximate surface area is 128 Å². The number of aliphatic hydroxyl groups is 1. The Hall–Kier alpha value is -1.59. The molecule has 1 atom stereocenters. The van der Waals surface area contributed by atoms with Gasteiger partial charge < -0.3 is 15.3 Å². The van der Waals surface area contributed by atoms with Gasteiger partial charge in [-0.3, -0.25) is 9.59 Å². The van der Waals surface area contributed by atoms with E-state index in [9.17, 15) is 9.59 Å². The second kappa shape index (κ2) is 6.91. The highest BCUT2D eigenvalue weighted by molar-refractivity contribution is 6.34. The molecule has 0 saturated carbocycles. The Morgan fingerprint density at radius 3 is 2.86 bits per heavy atom. The lowest BCUT2D eigenvalue weighted by Crippen LogP contribution is -2.24. The number of carbonyl (C=O) groups is 2. The average Bonchev–Trinajstić information content (AvgIpc) is 2.83. The highest BCUT2D eigenvalue weighted by atomic mass is 35.5. The summed E-state index contributed by atoms with van der Waals surface area (Å²) in [4.78, 5) is 25.1. The van der Waals surface area contributed by atoms with Crippen LogP contribution in [0.15, 0.2) is 18.2 Å². The summed E-state index contributed by atoms with van der Waals surface area (Å²) in [5, 5.41) is 12.3. The fraction of sp³-hybridized carbons (Fsp3) is 0.467. The van der Waals surface area contributed by atoms with Crippen molar-refractivity contribution < 1.29 is 14.7 Å². The Bertz CT molecular complexity index is 546. The maximum Gasteiger partial charge on any atom is 0.227 e. The molecule has 114 valence electrons. The number of nitrogens with one attached hydrogen (secondary N) is 1. The largest absolute Gasteiger partial charge is 0.393 e. The summed E-state index contributed by atoms with van der Waals surface area (Å²) in [5.74, 6) is -0.0948. The minimum atomic E-state index is -0.497. The molecule has 5 nitrogen and oxygen atoms in total. The molecule has 1 aliphatic rings. The van der Waals surface area contributed by atoms with Gasteiger partial charge in [0.25, 0.3) is 0 Å². The Balaban J connectivity index is 2.02. The maximum absolute atomic E-state index is 11.7. The minimum Gasteiger partial charge on any atom is -0.393 e. The van der Waals surface area contributed by atoms with Gasteiger partial charge in [0.15, 0.2) is 0 Å². The highest BCUT2D eigenvalue weighted by Gasteiger charge is 2.23. The summed E-state index contributed by atoms with van der Waals surface area (Å²) in [6.07, 6.45) is 1.56. The van der Waals surface area contributed by atoms with Crippen molar-refractivity contribution in [2.45, 2.75) is 38.7 Å². The van der Waals surface area contributed by atoms with E-state index in [4.69, 9.17) is 16.7 Å². The first-order valence-corrected chi connectivity index (χ1v) is 7.43. The van der Waals surface area contributed by atoms with Crippen LogP contribution in [-0.4, -0.2) is 29.6 Å². The summed E-state index contributed by atoms with van der Waals surface area (Å²) in [5.41, 5.74) is 1.27. The summed E-state index contributed by atoms with van der Waals surface area (Å²) < 4.78 is 0. The molecule has 1 saturated heterocycles. The molecule has 2 N–H and O–H groups in total. The smallest absolute Gasteiger partial charge is 0.227 e. The molecule has 0 aromatic heterocycles. The van der Waals surface area contributed by atoms with Crippen molar-refractivity contribution in [3.63, 3.8) is 0 Å². The van der Waals surface area contributed by atoms with Gasteiger partial charge in [0.05, 0.1) is 16.8 Å². The van der Waals surface area contributed by atoms with Crippen molar-refractivity contribution >= 4 is 34.8 Å². The van der Waals surface area contributed by atoms with Crippen molar-refractivity contribution in [3.8, 4) is 0 Å². The summed E-state index contributed by atoms with van der Waals surface area (Å²) in [6, 6.07) is 5.12. The van der Waals surface area contributed by atoms with E-state index in [1.165, 1.54) is 0 Å². The van der Waals surface area contributed by atoms with Gasteiger partial charge in [-0.1, -0.05) is 11.6 Å². The van der Waals surface area contributed by atoms with E-state index in [-0.39, 0.29) is 18.2 Å². The first-order chi connectivity index (χ1) is 9.97. The first-order valence-electron chi connectivity index (χ1n) is 7.05. The van der Waals surface area contributed by atoms with Crippen LogP contribution in [0, 0.1) is 0 Å². The van der Waals surface area contributed by atoms with Crippen LogP contribution >= 0.6 is 11.6 Å². The number of rotatable bonds is 5. The van der Waals surface area contributed by atoms with Gasteiger partial charge in [0.2, 0.25) is 11.8 Å². The highest BCUT2D eigenvalue weighted by Crippen LogP contribution is 2.31. The fourth-order valence-electron chi connectivity index (χ4n) is 2.27. The van der Waals surface area contributed by atoms with Crippen molar-refractivity contribution in [1.82, 2.24) is 0 Å². The van der Waals surface area contributed by atoms with E-state index in [1.54, 1.807) is 30.0 Å². The number of carbonyl (C=O) groups excluding carboxylic acids is 2. The Kier molecular flexibility index (Phi) is 5.20. The standard InChI is InChI=1S/C15H19ClN2O3/c1-10(19)4-7-14(20)17-11-5-6-13(12(16)9-11)18-8-2-3-15(18)21/h5-6,9-10,19H,2-4,7-8H2,1H3,(H,17,20). The quantitative estimate of drug-likeness (QED) is 0.878. The Morgan fingerprint density at radius 2 is 2.29 bits per heavy atom. The molecule has 1 aliphatic heterocycles. The predicted molar refractivity (Wildman–Crippen MR) is 82.6 cm³/mol. The van der Waals surface area contributed by atoms with Crippen molar-refractivity contribution in [1.29, 1.82) is 0 Å². The van der Waals surface area contributed by atoms with Crippen molar-refractivity contribution in [2.24, 2.45) is 0 Å². The van der Waals surface area contributed by atoms with Gasteiger partial charge in [0.1, 0.15) is 0 Å². The van der Waals surface area contributed by atoms with Crippen molar-refractivity contribution in [2.75, 3.05) is 16.8 Å². The molecular formula is C15H19ClN2O3. The third-order valence-electron chi connectivity index (χ3n) is 3.38. The van der Waals surface area contributed by atoms with Crippen LogP contribution in [-0.2, 0) is 9.59 Å². The van der Waals surface area contributed by atoms with E-state index in [2.05, 4.69) is 5.32 Å². The third kappa shape index (κ3) is 4.19. The van der Waals surface area contributed by atoms with E-state index in [1.807, 2.05) is 0 Å². The van der Waals surface area contributed by atoms with Gasteiger partial charge >= 0.3 is 0 Å². The molecule has 2 amide bonds. The molecule has 6 heteroatoms. The molecule has 0 aliphatic carbocycles. The van der Waals surface area contributed by atoms with Gasteiger partial charge in [-0.05, 0) is 38.0 Å². The van der Waals surface area contributed by atoms with Crippen LogP contribution in [0.2, 0.25) is 5.02 Å². The lowest BCUT2D eigenvalue weighted by Gasteiger charge is -2.18. The van der Waals surface area contributed by atoms with E-state index < -0.39 is 6.10 Å². The van der Waals surface area contributed by atoms with Crippen LogP contribution < -0.4 is 10.2 Å². The maximum atomic E-state index is 11.7. The topological polar surface area (TPSA) is 69.6 Å². The SMILES string of the molecule is CC(O)CCC(=O)Nc1ccc(N2CCCC2=O)c(Cl)c1. The number of halogens is 1. The number of hydrogen-bond donors (Lipinski definition) is 2. The van der Waals surface area contributed by atoms with Crippen molar-refractivity contribution in [3.05, 3.63) is 23.2 Å². The van der Waals surface area contributed by atoms with Crippen LogP contribution in [0.4, 0.5) is 11.4 Å². The lowest BCUT2D eigenvalue weighted by molar-refractivity contribution is -0.117. The number of amides is 2.